The van der Waals surface area contributed by atoms with E-state index >= 15 is 0 Å². The number of aromatic nitrogens is 3. The first kappa shape index (κ1) is 77.6. The highest BCUT2D eigenvalue weighted by molar-refractivity contribution is 7.91. The number of amides is 1. The number of hydrogen-bond acceptors (Lipinski definition) is 16. The molecule has 1 unspecified atom stereocenters. The summed E-state index contributed by atoms with van der Waals surface area (Å²) >= 11 is 19.1. The number of methoxy groups -OCH3 is 3. The summed E-state index contributed by atoms with van der Waals surface area (Å²) in [7, 11) is 2.05. The first-order valence-electron chi connectivity index (χ1n) is 38.6. The molecule has 7 heterocycles. The van der Waals surface area contributed by atoms with Gasteiger partial charge in [0.1, 0.15) is 15.6 Å². The number of aliphatic hydroxyl groups is 1. The van der Waals surface area contributed by atoms with Gasteiger partial charge in [-0.05, 0) is 250 Å². The Balaban J connectivity index is 0.000000137. The third-order valence-corrected chi connectivity index (χ3v) is 27.5. The molecule has 6 aliphatic carbocycles. The molecular formula is C85H103Cl3N8O11S. The van der Waals surface area contributed by atoms with Gasteiger partial charge in [-0.15, -0.1) is 17.5 Å². The predicted octanol–water partition coefficient (Wildman–Crippen LogP) is 15.4. The number of rotatable bonds is 13. The summed E-state index contributed by atoms with van der Waals surface area (Å²) in [5.74, 6) is 5.16. The van der Waals surface area contributed by atoms with Gasteiger partial charge in [0.05, 0.1) is 50.4 Å². The quantitative estimate of drug-likeness (QED) is 0.0912. The third kappa shape index (κ3) is 16.2. The van der Waals surface area contributed by atoms with Crippen LogP contribution in [0.3, 0.4) is 0 Å². The number of carbonyl (C=O) groups excluding carboxylic acids is 1. The van der Waals surface area contributed by atoms with Crippen molar-refractivity contribution in [1.82, 2.24) is 15.0 Å². The molecule has 6 aromatic rings. The number of hydrogen-bond donors (Lipinski definition) is 3. The van der Waals surface area contributed by atoms with Gasteiger partial charge < -0.3 is 53.3 Å². The highest BCUT2D eigenvalue weighted by atomic mass is 35.5. The predicted molar refractivity (Wildman–Crippen MR) is 425 cm³/mol. The van der Waals surface area contributed by atoms with E-state index in [0.29, 0.717) is 97.1 Å². The minimum Gasteiger partial charge on any atom is -0.489 e. The van der Waals surface area contributed by atoms with Crippen molar-refractivity contribution in [2.45, 2.75) is 151 Å². The largest absolute Gasteiger partial charge is 0.489 e. The Hall–Kier alpha value is -7.11. The van der Waals surface area contributed by atoms with Gasteiger partial charge in [0.15, 0.2) is 40.4 Å². The normalized spacial score (nSPS) is 29.6. The molecule has 576 valence electrons. The van der Waals surface area contributed by atoms with E-state index in [-0.39, 0.29) is 64.2 Å². The van der Waals surface area contributed by atoms with Crippen molar-refractivity contribution in [3.8, 4) is 17.2 Å². The average Bonchev–Trinajstić information content (AvgIpc) is 1.49. The average molecular weight is 1550 g/mol. The van der Waals surface area contributed by atoms with Crippen LogP contribution in [0.2, 0.25) is 15.1 Å². The summed E-state index contributed by atoms with van der Waals surface area (Å²) in [6, 6.07) is 29.2. The highest BCUT2D eigenvalue weighted by Gasteiger charge is 2.49. The number of aromatic carboxylic acids is 1. The number of nitrogens with zero attached hydrogens (tertiary/aromatic N) is 7. The molecule has 4 aliphatic heterocycles. The van der Waals surface area contributed by atoms with Crippen molar-refractivity contribution in [1.29, 1.82) is 0 Å². The number of carboxylic acid groups (broad SMARTS) is 1. The number of allylic oxidation sites excluding steroid dienone is 1. The maximum absolute atomic E-state index is 13.2. The number of anilines is 3. The number of fused-ring (bicyclic) bond motifs is 10. The molecule has 16 rings (SSSR count). The first-order chi connectivity index (χ1) is 52.2. The van der Waals surface area contributed by atoms with Gasteiger partial charge in [-0.25, -0.2) is 29.1 Å². The van der Waals surface area contributed by atoms with Crippen molar-refractivity contribution in [2.75, 3.05) is 101 Å². The molecule has 23 heteroatoms. The van der Waals surface area contributed by atoms with Crippen molar-refractivity contribution in [2.24, 2.45) is 50.9 Å². The Bertz CT molecular complexity index is 4500. The summed E-state index contributed by atoms with van der Waals surface area (Å²) < 4.78 is 53.7. The van der Waals surface area contributed by atoms with E-state index < -0.39 is 21.8 Å². The van der Waals surface area contributed by atoms with Gasteiger partial charge in [0.25, 0.3) is 0 Å². The third-order valence-electron chi connectivity index (χ3n) is 25.3. The minimum atomic E-state index is -3.22. The second-order valence-corrected chi connectivity index (χ2v) is 35.2. The van der Waals surface area contributed by atoms with Crippen LogP contribution in [0.5, 0.6) is 17.2 Å². The molecule has 3 spiro atoms. The summed E-state index contributed by atoms with van der Waals surface area (Å²) in [5, 5.41) is 27.7. The van der Waals surface area contributed by atoms with Crippen LogP contribution in [0.25, 0.3) is 0 Å². The van der Waals surface area contributed by atoms with Crippen LogP contribution in [-0.4, -0.2) is 146 Å². The second-order valence-electron chi connectivity index (χ2n) is 32.0. The molecule has 0 saturated heterocycles. The minimum absolute atomic E-state index is 0.00348. The maximum Gasteiger partial charge on any atom is 0.354 e. The van der Waals surface area contributed by atoms with Crippen molar-refractivity contribution in [3.63, 3.8) is 0 Å². The molecule has 14 atom stereocenters. The number of carbonyl (C=O) groups is 2. The molecule has 3 fully saturated rings. The topological polar surface area (TPSA) is 234 Å². The zero-order valence-corrected chi connectivity index (χ0v) is 65.7. The van der Waals surface area contributed by atoms with E-state index in [2.05, 4.69) is 85.8 Å². The number of aliphatic hydroxyl groups excluding tert-OH is 1. The number of nitrogens with two attached hydrogens (primary N) is 1. The number of pyridine rings is 3. The Morgan fingerprint density at radius 3 is 1.63 bits per heavy atom. The van der Waals surface area contributed by atoms with Gasteiger partial charge in [-0.2, -0.15) is 0 Å². The molecule has 10 aliphatic rings. The SMILES string of the molecule is C=C[C@H](OC)[C@@H]1CC[C@H]1CN1C[C@@]2(CCCc3cc(Cl)ccc32)COc2ccc(C(=O)O)nc21.C=C[C@H](OC)[C@@H]1CC[C@H]1CN1C[C@@]2(CCCc3cc(Cl)ccc32)COc2ccc(CO)nc21.CO[C@H]1/C=C/C[C@H](C)CS(N)(=O)=NC(=O)c2ccc3c(n2)N(C[C@@H]2CC[C@H]21)C[C@@]1(CCCc2cc(Cl)ccc21)CO3. The number of ether oxygens (including phenoxy) is 6. The smallest absolute Gasteiger partial charge is 0.354 e. The van der Waals surface area contributed by atoms with E-state index in [4.69, 9.17) is 78.3 Å². The molecular weight excluding hydrogens is 1450 g/mol. The Kier molecular flexibility index (Phi) is 23.8. The van der Waals surface area contributed by atoms with Crippen molar-refractivity contribution in [3.05, 3.63) is 194 Å². The van der Waals surface area contributed by atoms with Gasteiger partial charge >= 0.3 is 11.9 Å². The fourth-order valence-electron chi connectivity index (χ4n) is 19.3. The van der Waals surface area contributed by atoms with Crippen LogP contribution in [0.15, 0.2) is 133 Å². The summed E-state index contributed by atoms with van der Waals surface area (Å²) in [5.41, 5.74) is 8.06. The lowest BCUT2D eigenvalue weighted by molar-refractivity contribution is 0.0131. The number of benzene rings is 3. The van der Waals surface area contributed by atoms with Gasteiger partial charge in [-0.3, -0.25) is 4.79 Å². The number of carboxylic acids is 1. The van der Waals surface area contributed by atoms with Crippen LogP contribution >= 0.6 is 34.8 Å². The molecule has 4 N–H and O–H groups in total. The monoisotopic (exact) mass is 1550 g/mol. The zero-order valence-electron chi connectivity index (χ0n) is 62.6. The molecule has 3 saturated carbocycles. The molecule has 3 aromatic heterocycles. The van der Waals surface area contributed by atoms with E-state index in [9.17, 15) is 24.0 Å². The van der Waals surface area contributed by atoms with Gasteiger partial charge in [0, 0.05) is 97.7 Å². The Labute approximate surface area is 651 Å². The number of aryl methyl sites for hydroxylation is 3. The van der Waals surface area contributed by atoms with E-state index in [1.807, 2.05) is 49.4 Å². The van der Waals surface area contributed by atoms with E-state index in [1.165, 1.54) is 45.9 Å². The molecule has 108 heavy (non-hydrogen) atoms. The fourth-order valence-corrected chi connectivity index (χ4v) is 21.3. The Morgan fingerprint density at radius 2 is 1.17 bits per heavy atom. The first-order valence-corrected chi connectivity index (χ1v) is 41.5. The summed E-state index contributed by atoms with van der Waals surface area (Å²) in [6.07, 6.45) is 24.9. The summed E-state index contributed by atoms with van der Waals surface area (Å²) in [6.45, 7) is 16.2. The number of halogens is 3. The Morgan fingerprint density at radius 1 is 0.667 bits per heavy atom. The maximum atomic E-state index is 13.2. The standard InChI is InChI=1S/C31H39ClN4O4S.C27H31ClN2O4.C27H33ClN2O3/c1-20-5-3-7-27(39-2)24-10-8-22(24)16-36-18-31(14-4-6-21-15-23(32)9-11-25(21)31)19-40-28-13-12-26(34-29(28)36)30(37)35-41(33,38)17-20;1-3-23(33-2)20-8-6-18(20)14-30-15-27(12-4-5-17-13-19(28)7-9-21(17)27)16-34-24-11-10-22(26(31)32)29-25(24)30;1-3-24(32-2)22-9-6-19(22)14-30-16-27(12-4-5-18-13-20(28)7-10-23(18)27)17-33-25-11-8-21(15-31)29-26(25)30/h3,7,9,11-13,15,20,22,24,27H,4-6,8,10,14,16-19H2,1-2H3,(H2,33,35,37,38);3,7,9-11,13,18,20,23H,1,4-6,8,12,14-16H2,2H3,(H,31,32);3,7-8,10-11,13,19,22,24,31H,1,4-6,9,12,14-17H2,2H3/b7-3+;;/t20-,22-,24+,27-,31-,41?;18-,20+,23-,27-;19-,22+,24-,27-/m000/s1. The highest BCUT2D eigenvalue weighted by Crippen LogP contribution is 2.51. The summed E-state index contributed by atoms with van der Waals surface area (Å²) in [4.78, 5) is 46.1. The van der Waals surface area contributed by atoms with Crippen LogP contribution in [-0.2, 0) is 66.2 Å². The van der Waals surface area contributed by atoms with Crippen LogP contribution in [0.4, 0.5) is 17.5 Å². The van der Waals surface area contributed by atoms with E-state index in [1.54, 1.807) is 39.5 Å². The van der Waals surface area contributed by atoms with Crippen LogP contribution in [0.1, 0.15) is 150 Å². The van der Waals surface area contributed by atoms with Crippen LogP contribution in [0, 0.1) is 41.4 Å². The van der Waals surface area contributed by atoms with Crippen LogP contribution < -0.4 is 34.0 Å². The van der Waals surface area contributed by atoms with Crippen molar-refractivity contribution >= 4 is 74.0 Å². The molecule has 0 radical (unpaired) electrons. The fraction of sp³-hybridized carbons (Fsp3) is 0.518. The molecule has 19 nitrogen and oxygen atoms in total. The van der Waals surface area contributed by atoms with Crippen molar-refractivity contribution < 1.29 is 52.4 Å². The van der Waals surface area contributed by atoms with Gasteiger partial charge in [-0.1, -0.05) is 84.2 Å². The molecule has 2 bridgehead atoms. The lowest BCUT2D eigenvalue weighted by Crippen LogP contribution is -2.49. The zero-order chi connectivity index (χ0) is 75.7. The second kappa shape index (κ2) is 33.1. The molecule has 1 amide bonds. The van der Waals surface area contributed by atoms with E-state index in [0.717, 1.165) is 149 Å². The van der Waals surface area contributed by atoms with Gasteiger partial charge in [0.2, 0.25) is 0 Å². The molecule has 3 aromatic carbocycles. The lowest BCUT2D eigenvalue weighted by Gasteiger charge is -2.45. The lowest BCUT2D eigenvalue weighted by atomic mass is 9.68.